The molecule has 7 rings (SSSR count). The van der Waals surface area contributed by atoms with Gasteiger partial charge in [-0.05, 0) is 68.1 Å². The van der Waals surface area contributed by atoms with Crippen molar-refractivity contribution in [2.45, 2.75) is 43.9 Å². The Balaban J connectivity index is 1.10. The summed E-state index contributed by atoms with van der Waals surface area (Å²) in [7, 11) is 1.90. The fraction of sp³-hybridized carbons (Fsp3) is 0.267. The van der Waals surface area contributed by atoms with Crippen LogP contribution in [0.15, 0.2) is 73.2 Å². The number of carbonyl (C=O) groups is 1. The van der Waals surface area contributed by atoms with E-state index in [1.54, 1.807) is 11.0 Å². The minimum absolute atomic E-state index is 0.112. The maximum Gasteiger partial charge on any atom is 0.251 e. The van der Waals surface area contributed by atoms with Gasteiger partial charge in [-0.15, -0.1) is 0 Å². The highest BCUT2D eigenvalue weighted by Gasteiger charge is 2.35. The number of hydrogen-bond donors (Lipinski definition) is 3. The molecule has 1 aliphatic rings. The number of aromatic nitrogens is 6. The van der Waals surface area contributed by atoms with E-state index in [4.69, 9.17) is 0 Å². The van der Waals surface area contributed by atoms with Gasteiger partial charge in [0.15, 0.2) is 0 Å². The number of hydrogen-bond acceptors (Lipinski definition) is 5. The highest BCUT2D eigenvalue weighted by molar-refractivity contribution is 6.02. The molecule has 39 heavy (non-hydrogen) atoms. The van der Waals surface area contributed by atoms with Gasteiger partial charge in [0.1, 0.15) is 0 Å². The molecule has 3 N–H and O–H groups in total. The summed E-state index contributed by atoms with van der Waals surface area (Å²) in [6.07, 6.45) is 6.63. The van der Waals surface area contributed by atoms with Crippen molar-refractivity contribution >= 4 is 38.7 Å². The number of carbonyl (C=O) groups excluding carboxylic acids is 1. The lowest BCUT2D eigenvalue weighted by Crippen LogP contribution is -2.47. The largest absolute Gasteiger partial charge is 0.388 e. The number of nitrogens with zero attached hydrogens (tertiary/aromatic N) is 5. The van der Waals surface area contributed by atoms with Crippen molar-refractivity contribution < 1.29 is 9.90 Å². The molecule has 0 spiro atoms. The molecule has 9 nitrogen and oxygen atoms in total. The fourth-order valence-corrected chi connectivity index (χ4v) is 6.00. The fourth-order valence-electron chi connectivity index (χ4n) is 6.00. The van der Waals surface area contributed by atoms with E-state index in [1.807, 2.05) is 72.4 Å². The van der Waals surface area contributed by atoms with Crippen LogP contribution in [-0.2, 0) is 13.6 Å². The number of para-hydroxylation sites is 2. The molecule has 2 atom stereocenters. The number of nitrogens with one attached hydrogen (secondary N) is 2. The molecule has 3 heterocycles. The Kier molecular flexibility index (Phi) is 5.48. The van der Waals surface area contributed by atoms with E-state index in [-0.39, 0.29) is 11.9 Å². The molecule has 9 heteroatoms. The van der Waals surface area contributed by atoms with Crippen molar-refractivity contribution in [3.63, 3.8) is 0 Å². The molecule has 0 aliphatic heterocycles. The van der Waals surface area contributed by atoms with Crippen molar-refractivity contribution in [2.75, 3.05) is 0 Å². The second-order valence-corrected chi connectivity index (χ2v) is 10.8. The monoisotopic (exact) mass is 519 g/mol. The first kappa shape index (κ1) is 23.6. The van der Waals surface area contributed by atoms with Gasteiger partial charge in [0.2, 0.25) is 0 Å². The summed E-state index contributed by atoms with van der Waals surface area (Å²) in [6.45, 7) is 0.450. The summed E-state index contributed by atoms with van der Waals surface area (Å²) in [5, 5.41) is 28.7. The maximum atomic E-state index is 13.4. The second kappa shape index (κ2) is 9.06. The average Bonchev–Trinajstić information content (AvgIpc) is 3.63. The van der Waals surface area contributed by atoms with Gasteiger partial charge in [-0.3, -0.25) is 14.6 Å². The highest BCUT2D eigenvalue weighted by Crippen LogP contribution is 2.32. The van der Waals surface area contributed by atoms with E-state index < -0.39 is 5.60 Å². The third-order valence-corrected chi connectivity index (χ3v) is 7.87. The van der Waals surface area contributed by atoms with Crippen LogP contribution in [0.5, 0.6) is 0 Å². The SMILES string of the molecule is Cn1cc2cc(-c3n[nH]c4ccc(C(=O)NC5CCCC(O)(Cn6cnc7ccccc76)C5)cc34)ccc2n1. The highest BCUT2D eigenvalue weighted by atomic mass is 16.3. The van der Waals surface area contributed by atoms with E-state index >= 15 is 0 Å². The lowest BCUT2D eigenvalue weighted by molar-refractivity contribution is -0.0203. The molecular weight excluding hydrogens is 490 g/mol. The standard InChI is InChI=1S/C30H29N7O2/c1-36-16-21-13-19(8-10-24(21)35-36)28-23-14-20(9-11-25(23)33-34-28)29(38)32-22-5-4-12-30(39,15-22)17-37-18-31-26-6-2-3-7-27(26)37/h2-3,6-11,13-14,16,18,22,39H,4-5,12,15,17H2,1H3,(H,32,38)(H,33,34). The molecule has 3 aromatic carbocycles. The van der Waals surface area contributed by atoms with E-state index in [1.165, 1.54) is 0 Å². The third kappa shape index (κ3) is 4.34. The summed E-state index contributed by atoms with van der Waals surface area (Å²) in [5.74, 6) is -0.144. The Hall–Kier alpha value is -4.50. The Labute approximate surface area is 224 Å². The van der Waals surface area contributed by atoms with Gasteiger partial charge in [0, 0.05) is 41.2 Å². The Bertz CT molecular complexity index is 1850. The zero-order valence-electron chi connectivity index (χ0n) is 21.6. The lowest BCUT2D eigenvalue weighted by atomic mass is 9.81. The molecule has 0 bridgehead atoms. The third-order valence-electron chi connectivity index (χ3n) is 7.87. The minimum Gasteiger partial charge on any atom is -0.388 e. The van der Waals surface area contributed by atoms with Gasteiger partial charge in [0.05, 0.1) is 46.2 Å². The van der Waals surface area contributed by atoms with E-state index in [0.717, 1.165) is 56.9 Å². The zero-order valence-corrected chi connectivity index (χ0v) is 21.6. The molecular formula is C30H29N7O2. The van der Waals surface area contributed by atoms with Gasteiger partial charge >= 0.3 is 0 Å². The van der Waals surface area contributed by atoms with Crippen LogP contribution in [0.4, 0.5) is 0 Å². The van der Waals surface area contributed by atoms with Gasteiger partial charge in [0.25, 0.3) is 5.91 Å². The normalized spacial score (nSPS) is 19.7. The van der Waals surface area contributed by atoms with Gasteiger partial charge < -0.3 is 15.0 Å². The van der Waals surface area contributed by atoms with Crippen molar-refractivity contribution in [1.29, 1.82) is 0 Å². The molecule has 0 radical (unpaired) electrons. The number of aryl methyl sites for hydroxylation is 1. The first-order valence-corrected chi connectivity index (χ1v) is 13.3. The first-order chi connectivity index (χ1) is 18.9. The van der Waals surface area contributed by atoms with Crippen molar-refractivity contribution in [3.05, 3.63) is 78.8 Å². The number of fused-ring (bicyclic) bond motifs is 3. The number of benzene rings is 3. The number of imidazole rings is 1. The minimum atomic E-state index is -0.910. The Morgan fingerprint density at radius 3 is 2.97 bits per heavy atom. The lowest BCUT2D eigenvalue weighted by Gasteiger charge is -2.37. The van der Waals surface area contributed by atoms with E-state index in [9.17, 15) is 9.90 Å². The predicted octanol–water partition coefficient (Wildman–Crippen LogP) is 4.57. The van der Waals surface area contributed by atoms with Crippen LogP contribution in [0, 0.1) is 0 Å². The van der Waals surface area contributed by atoms with Crippen molar-refractivity contribution in [3.8, 4) is 11.3 Å². The Morgan fingerprint density at radius 2 is 2.05 bits per heavy atom. The summed E-state index contributed by atoms with van der Waals surface area (Å²) in [6, 6.07) is 19.5. The van der Waals surface area contributed by atoms with Gasteiger partial charge in [-0.25, -0.2) is 4.98 Å². The molecule has 0 saturated heterocycles. The van der Waals surface area contributed by atoms with Crippen molar-refractivity contribution in [1.82, 2.24) is 34.8 Å². The maximum absolute atomic E-state index is 13.4. The summed E-state index contributed by atoms with van der Waals surface area (Å²) in [4.78, 5) is 17.8. The smallest absolute Gasteiger partial charge is 0.251 e. The molecule has 1 fully saturated rings. The summed E-state index contributed by atoms with van der Waals surface area (Å²) < 4.78 is 3.81. The van der Waals surface area contributed by atoms with E-state index in [2.05, 4.69) is 31.7 Å². The van der Waals surface area contributed by atoms with Crippen LogP contribution in [-0.4, -0.2) is 52.2 Å². The number of H-pyrrole nitrogens is 1. The summed E-state index contributed by atoms with van der Waals surface area (Å²) in [5.41, 5.74) is 5.13. The molecule has 1 aliphatic carbocycles. The molecule has 2 unspecified atom stereocenters. The average molecular weight is 520 g/mol. The molecule has 3 aromatic heterocycles. The number of rotatable bonds is 5. The topological polar surface area (TPSA) is 114 Å². The van der Waals surface area contributed by atoms with Gasteiger partial charge in [-0.2, -0.15) is 10.2 Å². The number of amides is 1. The van der Waals surface area contributed by atoms with Gasteiger partial charge in [-0.1, -0.05) is 18.2 Å². The van der Waals surface area contributed by atoms with Crippen LogP contribution in [0.2, 0.25) is 0 Å². The predicted molar refractivity (Wildman–Crippen MR) is 150 cm³/mol. The molecule has 1 amide bonds. The Morgan fingerprint density at radius 1 is 1.15 bits per heavy atom. The van der Waals surface area contributed by atoms with Crippen molar-refractivity contribution in [2.24, 2.45) is 7.05 Å². The van der Waals surface area contributed by atoms with Crippen LogP contribution < -0.4 is 5.32 Å². The molecule has 196 valence electrons. The van der Waals surface area contributed by atoms with Crippen LogP contribution in [0.1, 0.15) is 36.0 Å². The van der Waals surface area contributed by atoms with Crippen LogP contribution in [0.3, 0.4) is 0 Å². The zero-order chi connectivity index (χ0) is 26.6. The second-order valence-electron chi connectivity index (χ2n) is 10.8. The quantitative estimate of drug-likeness (QED) is 0.309. The van der Waals surface area contributed by atoms with E-state index in [0.29, 0.717) is 24.9 Å². The number of aromatic amines is 1. The molecule has 1 saturated carbocycles. The molecule has 6 aromatic rings. The first-order valence-electron chi connectivity index (χ1n) is 13.3. The van der Waals surface area contributed by atoms with Crippen LogP contribution in [0.25, 0.3) is 44.1 Å². The number of aliphatic hydroxyl groups is 1. The summed E-state index contributed by atoms with van der Waals surface area (Å²) >= 11 is 0. The van der Waals surface area contributed by atoms with Crippen LogP contribution >= 0.6 is 0 Å².